The summed E-state index contributed by atoms with van der Waals surface area (Å²) >= 11 is 3.15. The molecule has 1 amide bonds. The van der Waals surface area contributed by atoms with Gasteiger partial charge in [0.15, 0.2) is 0 Å². The molecule has 1 aliphatic heterocycles. The molecular formula is C14H18BrN3O4. The Bertz CT molecular complexity index is 594. The first kappa shape index (κ1) is 16.5. The lowest BCUT2D eigenvalue weighted by molar-refractivity contribution is -0.385. The fourth-order valence-corrected chi connectivity index (χ4v) is 2.41. The number of benzene rings is 1. The Kier molecular flexibility index (Phi) is 4.60. The smallest absolute Gasteiger partial charge is 0.410 e. The first-order chi connectivity index (χ1) is 10.2. The van der Waals surface area contributed by atoms with Gasteiger partial charge in [0.1, 0.15) is 5.60 Å². The van der Waals surface area contributed by atoms with Gasteiger partial charge in [-0.1, -0.05) is 0 Å². The van der Waals surface area contributed by atoms with Crippen molar-refractivity contribution in [1.82, 2.24) is 4.90 Å². The molecule has 0 radical (unpaired) electrons. The summed E-state index contributed by atoms with van der Waals surface area (Å²) in [4.78, 5) is 23.9. The number of nitrogens with one attached hydrogen (secondary N) is 1. The minimum absolute atomic E-state index is 0.00771. The van der Waals surface area contributed by atoms with E-state index in [1.807, 2.05) is 20.8 Å². The molecule has 8 heteroatoms. The summed E-state index contributed by atoms with van der Waals surface area (Å²) in [6.07, 6.45) is -0.340. The van der Waals surface area contributed by atoms with Crippen LogP contribution >= 0.6 is 15.9 Å². The van der Waals surface area contributed by atoms with Gasteiger partial charge in [-0.25, -0.2) is 4.79 Å². The van der Waals surface area contributed by atoms with Crippen molar-refractivity contribution in [1.29, 1.82) is 0 Å². The fraction of sp³-hybridized carbons (Fsp3) is 0.500. The van der Waals surface area contributed by atoms with Crippen LogP contribution in [0.15, 0.2) is 22.7 Å². The van der Waals surface area contributed by atoms with Crippen molar-refractivity contribution in [3.8, 4) is 0 Å². The zero-order chi connectivity index (χ0) is 16.5. The molecule has 22 heavy (non-hydrogen) atoms. The zero-order valence-electron chi connectivity index (χ0n) is 12.6. The average Bonchev–Trinajstić information content (AvgIpc) is 2.32. The lowest BCUT2D eigenvalue weighted by Crippen LogP contribution is -2.57. The van der Waals surface area contributed by atoms with E-state index >= 15 is 0 Å². The SMILES string of the molecule is CC(C)(C)OC(=O)N1CC(Nc2ccc(Br)c([N+](=O)[O-])c2)C1. The van der Waals surface area contributed by atoms with Gasteiger partial charge in [0, 0.05) is 24.8 Å². The van der Waals surface area contributed by atoms with Crippen molar-refractivity contribution in [2.45, 2.75) is 32.4 Å². The molecule has 7 nitrogen and oxygen atoms in total. The van der Waals surface area contributed by atoms with Crippen LogP contribution in [0.2, 0.25) is 0 Å². The van der Waals surface area contributed by atoms with Crippen LogP contribution in [-0.4, -0.2) is 40.6 Å². The minimum atomic E-state index is -0.512. The highest BCUT2D eigenvalue weighted by molar-refractivity contribution is 9.10. The van der Waals surface area contributed by atoms with E-state index < -0.39 is 10.5 Å². The summed E-state index contributed by atoms with van der Waals surface area (Å²) in [5.74, 6) is 0. The fourth-order valence-electron chi connectivity index (χ4n) is 2.02. The second-order valence-electron chi connectivity index (χ2n) is 6.15. The van der Waals surface area contributed by atoms with E-state index in [-0.39, 0.29) is 17.8 Å². The highest BCUT2D eigenvalue weighted by atomic mass is 79.9. The van der Waals surface area contributed by atoms with E-state index in [2.05, 4.69) is 21.2 Å². The molecule has 0 saturated carbocycles. The normalized spacial score (nSPS) is 15.2. The molecule has 1 aliphatic rings. The largest absolute Gasteiger partial charge is 0.444 e. The second-order valence-corrected chi connectivity index (χ2v) is 7.00. The van der Waals surface area contributed by atoms with Gasteiger partial charge in [-0.3, -0.25) is 10.1 Å². The van der Waals surface area contributed by atoms with E-state index in [0.29, 0.717) is 23.2 Å². The number of likely N-dealkylation sites (tertiary alicyclic amines) is 1. The molecule has 1 aromatic rings. The molecule has 120 valence electrons. The number of anilines is 1. The first-order valence-corrected chi connectivity index (χ1v) is 7.63. The van der Waals surface area contributed by atoms with Crippen molar-refractivity contribution < 1.29 is 14.5 Å². The number of nitro benzene ring substituents is 1. The maximum absolute atomic E-state index is 11.8. The number of nitrogens with zero attached hydrogens (tertiary/aromatic N) is 2. The number of ether oxygens (including phenoxy) is 1. The summed E-state index contributed by atoms with van der Waals surface area (Å²) < 4.78 is 5.71. The van der Waals surface area contributed by atoms with Crippen LogP contribution in [-0.2, 0) is 4.74 Å². The molecule has 1 saturated heterocycles. The maximum atomic E-state index is 11.8. The third-order valence-electron chi connectivity index (χ3n) is 3.05. The highest BCUT2D eigenvalue weighted by Gasteiger charge is 2.33. The highest BCUT2D eigenvalue weighted by Crippen LogP contribution is 2.29. The molecule has 1 N–H and O–H groups in total. The minimum Gasteiger partial charge on any atom is -0.444 e. The van der Waals surface area contributed by atoms with Gasteiger partial charge in [-0.15, -0.1) is 0 Å². The van der Waals surface area contributed by atoms with Crippen molar-refractivity contribution in [3.05, 3.63) is 32.8 Å². The van der Waals surface area contributed by atoms with Gasteiger partial charge < -0.3 is 15.0 Å². The standard InChI is InChI=1S/C14H18BrN3O4/c1-14(2,3)22-13(19)17-7-10(8-17)16-9-4-5-11(15)12(6-9)18(20)21/h4-6,10,16H,7-8H2,1-3H3. The van der Waals surface area contributed by atoms with Gasteiger partial charge in [-0.2, -0.15) is 0 Å². The molecule has 2 rings (SSSR count). The molecule has 0 atom stereocenters. The van der Waals surface area contributed by atoms with E-state index in [1.165, 1.54) is 6.07 Å². The average molecular weight is 372 g/mol. The topological polar surface area (TPSA) is 84.7 Å². The lowest BCUT2D eigenvalue weighted by Gasteiger charge is -2.40. The number of amides is 1. The predicted octanol–water partition coefficient (Wildman–Crippen LogP) is 3.39. The number of carbonyl (C=O) groups excluding carboxylic acids is 1. The van der Waals surface area contributed by atoms with Crippen LogP contribution in [0, 0.1) is 10.1 Å². The number of nitro groups is 1. The number of rotatable bonds is 3. The van der Waals surface area contributed by atoms with Crippen LogP contribution in [0.1, 0.15) is 20.8 Å². The van der Waals surface area contributed by atoms with E-state index in [4.69, 9.17) is 4.74 Å². The van der Waals surface area contributed by atoms with Crippen LogP contribution in [0.25, 0.3) is 0 Å². The molecule has 0 aliphatic carbocycles. The zero-order valence-corrected chi connectivity index (χ0v) is 14.2. The first-order valence-electron chi connectivity index (χ1n) is 6.84. The lowest BCUT2D eigenvalue weighted by atomic mass is 10.1. The molecule has 1 fully saturated rings. The Morgan fingerprint density at radius 2 is 2.09 bits per heavy atom. The molecule has 0 bridgehead atoms. The molecule has 1 aromatic carbocycles. The van der Waals surface area contributed by atoms with Crippen LogP contribution < -0.4 is 5.32 Å². The summed E-state index contributed by atoms with van der Waals surface area (Å²) in [5.41, 5.74) is 0.152. The Morgan fingerprint density at radius 1 is 1.45 bits per heavy atom. The number of hydrogen-bond donors (Lipinski definition) is 1. The van der Waals surface area contributed by atoms with Crippen molar-refractivity contribution in [3.63, 3.8) is 0 Å². The molecule has 0 unspecified atom stereocenters. The van der Waals surface area contributed by atoms with Crippen LogP contribution in [0.3, 0.4) is 0 Å². The molecule has 0 aromatic heterocycles. The molecular weight excluding hydrogens is 354 g/mol. The Labute approximate surface area is 136 Å². The summed E-state index contributed by atoms with van der Waals surface area (Å²) in [7, 11) is 0. The third-order valence-corrected chi connectivity index (χ3v) is 3.72. The van der Waals surface area contributed by atoms with Gasteiger partial charge >= 0.3 is 6.09 Å². The van der Waals surface area contributed by atoms with E-state index in [9.17, 15) is 14.9 Å². The van der Waals surface area contributed by atoms with Crippen LogP contribution in [0.4, 0.5) is 16.2 Å². The number of hydrogen-bond acceptors (Lipinski definition) is 5. The summed E-state index contributed by atoms with van der Waals surface area (Å²) in [5, 5.41) is 14.1. The molecule has 1 heterocycles. The summed E-state index contributed by atoms with van der Waals surface area (Å²) in [6.45, 7) is 6.49. The Morgan fingerprint density at radius 3 is 2.64 bits per heavy atom. The van der Waals surface area contributed by atoms with Gasteiger partial charge in [0.2, 0.25) is 0 Å². The van der Waals surface area contributed by atoms with Gasteiger partial charge in [0.05, 0.1) is 15.4 Å². The maximum Gasteiger partial charge on any atom is 0.410 e. The monoisotopic (exact) mass is 371 g/mol. The Balaban J connectivity index is 1.89. The molecule has 0 spiro atoms. The van der Waals surface area contributed by atoms with E-state index in [1.54, 1.807) is 17.0 Å². The Hall–Kier alpha value is -1.83. The number of carbonyl (C=O) groups is 1. The third kappa shape index (κ3) is 4.09. The quantitative estimate of drug-likeness (QED) is 0.650. The van der Waals surface area contributed by atoms with Crippen molar-refractivity contribution >= 4 is 33.4 Å². The number of halogens is 1. The van der Waals surface area contributed by atoms with Crippen molar-refractivity contribution in [2.24, 2.45) is 0 Å². The van der Waals surface area contributed by atoms with E-state index in [0.717, 1.165) is 0 Å². The van der Waals surface area contributed by atoms with Gasteiger partial charge in [0.25, 0.3) is 5.69 Å². The van der Waals surface area contributed by atoms with Crippen molar-refractivity contribution in [2.75, 3.05) is 18.4 Å². The van der Waals surface area contributed by atoms with Crippen LogP contribution in [0.5, 0.6) is 0 Å². The predicted molar refractivity (Wildman–Crippen MR) is 86.0 cm³/mol. The van der Waals surface area contributed by atoms with Gasteiger partial charge in [-0.05, 0) is 48.8 Å². The second kappa shape index (κ2) is 6.12. The summed E-state index contributed by atoms with van der Waals surface area (Å²) in [6, 6.07) is 4.92.